The molecule has 23 heavy (non-hydrogen) atoms. The van der Waals surface area contributed by atoms with Gasteiger partial charge in [-0.05, 0) is 32.4 Å². The molecule has 1 aliphatic heterocycles. The lowest BCUT2D eigenvalue weighted by Gasteiger charge is -2.30. The summed E-state index contributed by atoms with van der Waals surface area (Å²) in [5.41, 5.74) is 2.10. The smallest absolute Gasteiger partial charge is 0.125 e. The molecule has 1 fully saturated rings. The van der Waals surface area contributed by atoms with Crippen LogP contribution in [0.3, 0.4) is 0 Å². The lowest BCUT2D eigenvalue weighted by molar-refractivity contribution is 0.0611. The lowest BCUT2D eigenvalue weighted by atomic mass is 10.1. The van der Waals surface area contributed by atoms with Gasteiger partial charge in [0.2, 0.25) is 0 Å². The van der Waals surface area contributed by atoms with Crippen molar-refractivity contribution in [1.29, 1.82) is 0 Å². The van der Waals surface area contributed by atoms with Crippen LogP contribution in [0.2, 0.25) is 0 Å². The summed E-state index contributed by atoms with van der Waals surface area (Å²) in [5.74, 6) is 1.11. The quantitative estimate of drug-likeness (QED) is 0.745. The second kappa shape index (κ2) is 9.16. The maximum Gasteiger partial charge on any atom is 0.125 e. The van der Waals surface area contributed by atoms with Gasteiger partial charge >= 0.3 is 0 Å². The van der Waals surface area contributed by atoms with Crippen molar-refractivity contribution < 1.29 is 4.74 Å². The minimum absolute atomic E-state index is 0.775. The summed E-state index contributed by atoms with van der Waals surface area (Å²) in [6.45, 7) is 9.58. The first-order valence-electron chi connectivity index (χ1n) is 8.35. The van der Waals surface area contributed by atoms with Gasteiger partial charge in [-0.25, -0.2) is 4.68 Å². The van der Waals surface area contributed by atoms with E-state index in [2.05, 4.69) is 55.2 Å². The zero-order valence-electron chi connectivity index (χ0n) is 14.4. The first-order valence-corrected chi connectivity index (χ1v) is 8.35. The molecular weight excluding hydrogens is 286 g/mol. The Hall–Kier alpha value is -2.07. The maximum atomic E-state index is 5.44. The van der Waals surface area contributed by atoms with E-state index in [1.54, 1.807) is 0 Å². The number of rotatable bonds is 6. The van der Waals surface area contributed by atoms with E-state index in [1.807, 2.05) is 23.9 Å². The normalized spacial score (nSPS) is 17.6. The number of hydrogen-bond acceptors (Lipinski definition) is 3. The third kappa shape index (κ3) is 4.70. The van der Waals surface area contributed by atoms with Crippen molar-refractivity contribution in [2.45, 2.75) is 27.2 Å². The molecule has 0 radical (unpaired) electrons. The van der Waals surface area contributed by atoms with Crippen molar-refractivity contribution in [3.05, 3.63) is 54.4 Å². The van der Waals surface area contributed by atoms with Crippen LogP contribution in [0.1, 0.15) is 32.9 Å². The third-order valence-corrected chi connectivity index (χ3v) is 3.71. The first-order chi connectivity index (χ1) is 11.3. The van der Waals surface area contributed by atoms with E-state index in [-0.39, 0.29) is 0 Å². The highest BCUT2D eigenvalue weighted by Gasteiger charge is 2.15. The van der Waals surface area contributed by atoms with E-state index in [0.717, 1.165) is 49.8 Å². The second-order valence-corrected chi connectivity index (χ2v) is 5.35. The predicted octanol–water partition coefficient (Wildman–Crippen LogP) is 3.96. The van der Waals surface area contributed by atoms with Crippen molar-refractivity contribution in [1.82, 2.24) is 14.7 Å². The summed E-state index contributed by atoms with van der Waals surface area (Å²) in [6, 6.07) is 2.07. The van der Waals surface area contributed by atoms with Crippen molar-refractivity contribution in [3.8, 4) is 0 Å². The highest BCUT2D eigenvalue weighted by Crippen LogP contribution is 2.18. The summed E-state index contributed by atoms with van der Waals surface area (Å²) >= 11 is 0. The minimum Gasteiger partial charge on any atom is -0.378 e. The molecule has 0 bridgehead atoms. The predicted molar refractivity (Wildman–Crippen MR) is 96.8 cm³/mol. The van der Waals surface area contributed by atoms with Crippen LogP contribution in [0, 0.1) is 0 Å². The van der Waals surface area contributed by atoms with Crippen LogP contribution in [0.4, 0.5) is 0 Å². The third-order valence-electron chi connectivity index (χ3n) is 3.71. The molecule has 1 aromatic rings. The zero-order chi connectivity index (χ0) is 16.5. The molecule has 1 aliphatic rings. The van der Waals surface area contributed by atoms with E-state index >= 15 is 0 Å². The molecular formula is C19H27N3O. The highest BCUT2D eigenvalue weighted by molar-refractivity contribution is 5.73. The Morgan fingerprint density at radius 2 is 2.09 bits per heavy atom. The summed E-state index contributed by atoms with van der Waals surface area (Å²) in [4.78, 5) is 2.32. The Labute approximate surface area is 139 Å². The number of morpholine rings is 1. The average molecular weight is 313 g/mol. The summed E-state index contributed by atoms with van der Waals surface area (Å²) in [7, 11) is 0. The molecule has 0 aliphatic carbocycles. The van der Waals surface area contributed by atoms with Gasteiger partial charge in [-0.15, -0.1) is 0 Å². The molecule has 0 unspecified atom stereocenters. The van der Waals surface area contributed by atoms with Crippen LogP contribution in [-0.4, -0.2) is 41.0 Å². The Balaban J connectivity index is 2.23. The first kappa shape index (κ1) is 17.3. The molecule has 2 rings (SSSR count). The van der Waals surface area contributed by atoms with Crippen molar-refractivity contribution in [2.75, 3.05) is 26.3 Å². The highest BCUT2D eigenvalue weighted by atomic mass is 16.5. The molecule has 4 heteroatoms. The monoisotopic (exact) mass is 313 g/mol. The van der Waals surface area contributed by atoms with Gasteiger partial charge in [0, 0.05) is 24.9 Å². The molecule has 124 valence electrons. The van der Waals surface area contributed by atoms with Gasteiger partial charge in [0.1, 0.15) is 5.82 Å². The van der Waals surface area contributed by atoms with Crippen LogP contribution < -0.4 is 0 Å². The Bertz CT molecular complexity index is 602. The van der Waals surface area contributed by atoms with Crippen LogP contribution in [0.15, 0.2) is 48.7 Å². The van der Waals surface area contributed by atoms with Crippen LogP contribution in [0.5, 0.6) is 0 Å². The van der Waals surface area contributed by atoms with Crippen LogP contribution in [-0.2, 0) is 4.74 Å². The Morgan fingerprint density at radius 1 is 1.30 bits per heavy atom. The number of hydrogen-bond donors (Lipinski definition) is 0. The van der Waals surface area contributed by atoms with Gasteiger partial charge in [-0.1, -0.05) is 37.3 Å². The van der Waals surface area contributed by atoms with Crippen molar-refractivity contribution >= 4 is 11.4 Å². The maximum absolute atomic E-state index is 5.44. The summed E-state index contributed by atoms with van der Waals surface area (Å²) in [6.07, 6.45) is 15.7. The molecule has 4 nitrogen and oxygen atoms in total. The fourth-order valence-corrected chi connectivity index (χ4v) is 2.57. The van der Waals surface area contributed by atoms with Crippen LogP contribution in [0.25, 0.3) is 11.4 Å². The van der Waals surface area contributed by atoms with Gasteiger partial charge in [-0.3, -0.25) is 0 Å². The van der Waals surface area contributed by atoms with Gasteiger partial charge in [-0.2, -0.15) is 5.10 Å². The molecule has 0 saturated carbocycles. The molecule has 1 saturated heterocycles. The summed E-state index contributed by atoms with van der Waals surface area (Å²) < 4.78 is 7.40. The second-order valence-electron chi connectivity index (χ2n) is 5.35. The average Bonchev–Trinajstić information content (AvgIpc) is 3.05. The topological polar surface area (TPSA) is 30.3 Å². The fraction of sp³-hybridized carbons (Fsp3) is 0.421. The van der Waals surface area contributed by atoms with E-state index < -0.39 is 0 Å². The summed E-state index contributed by atoms with van der Waals surface area (Å²) in [5, 5.41) is 4.77. The Morgan fingerprint density at radius 3 is 2.74 bits per heavy atom. The van der Waals surface area contributed by atoms with E-state index in [4.69, 9.17) is 9.84 Å². The van der Waals surface area contributed by atoms with E-state index in [0.29, 0.717) is 0 Å². The lowest BCUT2D eigenvalue weighted by Crippen LogP contribution is -2.36. The fourth-order valence-electron chi connectivity index (χ4n) is 2.57. The standard InChI is InChI=1S/C19H27N3O/c1-4-7-8-10-17(9-5-2)18-11-12-22(20-18)19(6-3)21-13-15-23-16-14-21/h5-12H,4,13-16H2,1-3H3/b8-7+,9-5-,17-10+,19-6-. The van der Waals surface area contributed by atoms with Gasteiger partial charge < -0.3 is 9.64 Å². The molecule has 2 heterocycles. The van der Waals surface area contributed by atoms with Gasteiger partial charge in [0.25, 0.3) is 0 Å². The molecule has 0 amide bonds. The Kier molecular flexibility index (Phi) is 6.88. The number of ether oxygens (including phenoxy) is 1. The van der Waals surface area contributed by atoms with Crippen molar-refractivity contribution in [3.63, 3.8) is 0 Å². The molecule has 0 spiro atoms. The van der Waals surface area contributed by atoms with Gasteiger partial charge in [0.15, 0.2) is 0 Å². The van der Waals surface area contributed by atoms with Gasteiger partial charge in [0.05, 0.1) is 18.9 Å². The molecule has 0 N–H and O–H groups in total. The minimum atomic E-state index is 0.775. The molecule has 0 atom stereocenters. The largest absolute Gasteiger partial charge is 0.378 e. The number of allylic oxidation sites excluding steroid dienone is 7. The number of aromatic nitrogens is 2. The van der Waals surface area contributed by atoms with E-state index in [1.165, 1.54) is 0 Å². The SMILES string of the molecule is C\C=C/C(=C\C=C\CC)c1ccn(/C(=C\C)N2CCOCC2)n1. The van der Waals surface area contributed by atoms with Crippen LogP contribution >= 0.6 is 0 Å². The molecule has 1 aromatic heterocycles. The van der Waals surface area contributed by atoms with E-state index in [9.17, 15) is 0 Å². The zero-order valence-corrected chi connectivity index (χ0v) is 14.4. The van der Waals surface area contributed by atoms with Crippen molar-refractivity contribution in [2.24, 2.45) is 0 Å². The number of nitrogens with zero attached hydrogens (tertiary/aromatic N) is 3. The molecule has 0 aromatic carbocycles.